The second-order valence-electron chi connectivity index (χ2n) is 6.90. The van der Waals surface area contributed by atoms with Crippen LogP contribution in [0.4, 0.5) is 16.2 Å². The predicted molar refractivity (Wildman–Crippen MR) is 108 cm³/mol. The molecule has 1 aliphatic heterocycles. The van der Waals surface area contributed by atoms with Gasteiger partial charge in [0, 0.05) is 31.2 Å². The van der Waals surface area contributed by atoms with Crippen LogP contribution in [-0.2, 0) is 9.53 Å². The average Bonchev–Trinajstić information content (AvgIpc) is 2.71. The zero-order chi connectivity index (χ0) is 19.9. The summed E-state index contributed by atoms with van der Waals surface area (Å²) in [5.41, 5.74) is 3.12. The van der Waals surface area contributed by atoms with E-state index >= 15 is 0 Å². The van der Waals surface area contributed by atoms with Crippen molar-refractivity contribution in [3.63, 3.8) is 0 Å². The fourth-order valence-electron chi connectivity index (χ4n) is 3.40. The first-order valence-electron chi connectivity index (χ1n) is 9.46. The van der Waals surface area contributed by atoms with Crippen LogP contribution < -0.4 is 10.6 Å². The van der Waals surface area contributed by atoms with Crippen molar-refractivity contribution in [3.05, 3.63) is 53.9 Å². The van der Waals surface area contributed by atoms with E-state index in [1.54, 1.807) is 18.3 Å². The number of nitrogens with zero attached hydrogens (tertiary/aromatic N) is 2. The Bertz CT molecular complexity index is 826. The average molecular weight is 382 g/mol. The van der Waals surface area contributed by atoms with Gasteiger partial charge in [-0.1, -0.05) is 12.1 Å². The predicted octanol–water partition coefficient (Wildman–Crippen LogP) is 3.73. The lowest BCUT2D eigenvalue weighted by atomic mass is 9.99. The van der Waals surface area contributed by atoms with E-state index in [4.69, 9.17) is 4.74 Å². The number of hydrogen-bond donors (Lipinski definition) is 2. The highest BCUT2D eigenvalue weighted by Crippen LogP contribution is 2.30. The molecule has 2 N–H and O–H groups in total. The fourth-order valence-corrected chi connectivity index (χ4v) is 3.40. The molecule has 0 radical (unpaired) electrons. The van der Waals surface area contributed by atoms with Gasteiger partial charge in [0.25, 0.3) is 0 Å². The number of aromatic nitrogens is 1. The van der Waals surface area contributed by atoms with Gasteiger partial charge >= 0.3 is 6.03 Å². The molecule has 7 nitrogen and oxygen atoms in total. The molecule has 3 rings (SSSR count). The maximum absolute atomic E-state index is 13.0. The number of benzene rings is 1. The van der Waals surface area contributed by atoms with Gasteiger partial charge in [0.15, 0.2) is 0 Å². The molecule has 2 heterocycles. The number of ether oxygens (including phenoxy) is 1. The minimum absolute atomic E-state index is 0.0187. The van der Waals surface area contributed by atoms with E-state index < -0.39 is 0 Å². The number of rotatable bonds is 5. The molecule has 1 saturated heterocycles. The van der Waals surface area contributed by atoms with Gasteiger partial charge in [-0.3, -0.25) is 9.78 Å². The number of amides is 3. The molecule has 2 aromatic rings. The highest BCUT2D eigenvalue weighted by Gasteiger charge is 2.29. The van der Waals surface area contributed by atoms with Crippen molar-refractivity contribution >= 4 is 23.3 Å². The third-order valence-electron chi connectivity index (χ3n) is 4.83. The Kier molecular flexibility index (Phi) is 6.60. The molecule has 148 valence electrons. The van der Waals surface area contributed by atoms with Crippen LogP contribution in [0, 0.1) is 6.92 Å². The van der Waals surface area contributed by atoms with E-state index in [2.05, 4.69) is 15.6 Å². The van der Waals surface area contributed by atoms with Crippen LogP contribution in [0.15, 0.2) is 42.6 Å². The van der Waals surface area contributed by atoms with Gasteiger partial charge < -0.3 is 20.3 Å². The van der Waals surface area contributed by atoms with E-state index in [1.807, 2.05) is 36.1 Å². The Morgan fingerprint density at radius 2 is 2.07 bits per heavy atom. The van der Waals surface area contributed by atoms with Crippen molar-refractivity contribution in [1.29, 1.82) is 0 Å². The van der Waals surface area contributed by atoms with Crippen molar-refractivity contribution in [2.24, 2.45) is 0 Å². The van der Waals surface area contributed by atoms with Crippen LogP contribution in [0.25, 0.3) is 0 Å². The second kappa shape index (κ2) is 9.32. The first-order chi connectivity index (χ1) is 13.6. The van der Waals surface area contributed by atoms with Crippen LogP contribution in [0.3, 0.4) is 0 Å². The van der Waals surface area contributed by atoms with Crippen molar-refractivity contribution in [1.82, 2.24) is 9.88 Å². The van der Waals surface area contributed by atoms with Gasteiger partial charge in [0.1, 0.15) is 6.61 Å². The number of hydrogen-bond acceptors (Lipinski definition) is 4. The molecule has 0 bridgehead atoms. The molecule has 0 saturated carbocycles. The van der Waals surface area contributed by atoms with Crippen LogP contribution in [0.1, 0.15) is 36.6 Å². The molecule has 3 amide bonds. The Labute approximate surface area is 165 Å². The Morgan fingerprint density at radius 1 is 1.21 bits per heavy atom. The molecule has 0 spiro atoms. The smallest absolute Gasteiger partial charge is 0.322 e. The second-order valence-corrected chi connectivity index (χ2v) is 6.90. The Balaban J connectivity index is 1.75. The molecule has 0 aliphatic carbocycles. The molecule has 28 heavy (non-hydrogen) atoms. The minimum Gasteiger partial charge on any atom is -0.375 e. The fraction of sp³-hybridized carbons (Fsp3) is 0.381. The summed E-state index contributed by atoms with van der Waals surface area (Å²) in [4.78, 5) is 31.1. The summed E-state index contributed by atoms with van der Waals surface area (Å²) in [5, 5.41) is 5.76. The molecule has 7 heteroatoms. The Hall–Kier alpha value is -2.93. The van der Waals surface area contributed by atoms with Gasteiger partial charge in [-0.2, -0.15) is 0 Å². The number of anilines is 2. The van der Waals surface area contributed by atoms with Crippen LogP contribution >= 0.6 is 0 Å². The van der Waals surface area contributed by atoms with Gasteiger partial charge in [0.05, 0.1) is 11.7 Å². The maximum atomic E-state index is 13.0. The molecule has 0 unspecified atom stereocenters. The van der Waals surface area contributed by atoms with Gasteiger partial charge in [-0.05, 0) is 56.0 Å². The summed E-state index contributed by atoms with van der Waals surface area (Å²) in [6, 6.07) is 11.0. The van der Waals surface area contributed by atoms with Crippen LogP contribution in [0.5, 0.6) is 0 Å². The number of urea groups is 1. The zero-order valence-corrected chi connectivity index (χ0v) is 16.3. The topological polar surface area (TPSA) is 83.6 Å². The largest absolute Gasteiger partial charge is 0.375 e. The molecule has 1 atom stereocenters. The summed E-state index contributed by atoms with van der Waals surface area (Å²) < 4.78 is 4.83. The summed E-state index contributed by atoms with van der Waals surface area (Å²) in [5.74, 6) is -0.241. The number of pyridine rings is 1. The van der Waals surface area contributed by atoms with E-state index in [9.17, 15) is 9.59 Å². The number of carbonyl (C=O) groups is 2. The van der Waals surface area contributed by atoms with E-state index in [0.29, 0.717) is 17.9 Å². The summed E-state index contributed by atoms with van der Waals surface area (Å²) in [7, 11) is 1.47. The van der Waals surface area contributed by atoms with Crippen molar-refractivity contribution in [3.8, 4) is 0 Å². The van der Waals surface area contributed by atoms with E-state index in [1.165, 1.54) is 7.11 Å². The standard InChI is InChI=1S/C21H26N4O3/c1-15-9-10-16(23-20(26)14-28-2)13-18(15)24-21(27)25-12-6-4-8-19(25)17-7-3-5-11-22-17/h3,5,7,9-11,13,19H,4,6,8,12,14H2,1-2H3,(H,23,26)(H,24,27)/t19-/m0/s1. The lowest BCUT2D eigenvalue weighted by Crippen LogP contribution is -2.41. The zero-order valence-electron chi connectivity index (χ0n) is 16.3. The molecule has 1 aromatic carbocycles. The lowest BCUT2D eigenvalue weighted by molar-refractivity contribution is -0.119. The molecule has 1 fully saturated rings. The molecule has 1 aromatic heterocycles. The van der Waals surface area contributed by atoms with Gasteiger partial charge in [-0.15, -0.1) is 0 Å². The van der Waals surface area contributed by atoms with E-state index in [-0.39, 0.29) is 24.6 Å². The number of piperidine rings is 1. The van der Waals surface area contributed by atoms with Crippen LogP contribution in [-0.4, -0.2) is 42.1 Å². The quantitative estimate of drug-likeness (QED) is 0.825. The summed E-state index contributed by atoms with van der Waals surface area (Å²) in [6.45, 7) is 2.59. The summed E-state index contributed by atoms with van der Waals surface area (Å²) in [6.07, 6.45) is 4.71. The number of carbonyl (C=O) groups excluding carboxylic acids is 2. The highest BCUT2D eigenvalue weighted by molar-refractivity contribution is 5.94. The molecule has 1 aliphatic rings. The number of methoxy groups -OCH3 is 1. The van der Waals surface area contributed by atoms with Crippen molar-refractivity contribution in [2.75, 3.05) is 30.9 Å². The number of nitrogens with one attached hydrogen (secondary N) is 2. The van der Waals surface area contributed by atoms with Gasteiger partial charge in [0.2, 0.25) is 5.91 Å². The summed E-state index contributed by atoms with van der Waals surface area (Å²) >= 11 is 0. The molecular formula is C21H26N4O3. The van der Waals surface area contributed by atoms with Crippen LogP contribution in [0.2, 0.25) is 0 Å². The van der Waals surface area contributed by atoms with E-state index in [0.717, 1.165) is 30.5 Å². The van der Waals surface area contributed by atoms with Crippen molar-refractivity contribution < 1.29 is 14.3 Å². The maximum Gasteiger partial charge on any atom is 0.322 e. The first-order valence-corrected chi connectivity index (χ1v) is 9.46. The lowest BCUT2D eigenvalue weighted by Gasteiger charge is -2.35. The Morgan fingerprint density at radius 3 is 2.82 bits per heavy atom. The minimum atomic E-state index is -0.241. The normalized spacial score (nSPS) is 16.5. The van der Waals surface area contributed by atoms with Gasteiger partial charge in [-0.25, -0.2) is 4.79 Å². The molecular weight excluding hydrogens is 356 g/mol. The SMILES string of the molecule is COCC(=O)Nc1ccc(C)c(NC(=O)N2CCCC[C@H]2c2ccccn2)c1. The number of likely N-dealkylation sites (tertiary alicyclic amines) is 1. The third-order valence-corrected chi connectivity index (χ3v) is 4.83. The highest BCUT2D eigenvalue weighted by atomic mass is 16.5. The monoisotopic (exact) mass is 382 g/mol. The third kappa shape index (κ3) is 4.86. The number of aryl methyl sites for hydroxylation is 1. The van der Waals surface area contributed by atoms with Crippen molar-refractivity contribution in [2.45, 2.75) is 32.2 Å². The first kappa shape index (κ1) is 19.8.